The molecule has 3 heteroatoms. The monoisotopic (exact) mass is 90.1 g/mol. The van der Waals surface area contributed by atoms with Gasteiger partial charge in [-0.15, -0.1) is 5.59 Å². The molecule has 0 radical (unpaired) electrons. The van der Waals surface area contributed by atoms with E-state index in [-0.39, 0.29) is 0 Å². The Bertz CT molecular complexity index is 28.0. The molecule has 0 bridgehead atoms. The summed E-state index contributed by atoms with van der Waals surface area (Å²) in [7, 11) is 1.75. The Labute approximate surface area is 37.5 Å². The van der Waals surface area contributed by atoms with E-state index in [0.29, 0.717) is 0 Å². The van der Waals surface area contributed by atoms with E-state index in [9.17, 15) is 0 Å². The topological polar surface area (TPSA) is 35.5 Å². The number of nitrogens with zero attached hydrogens (tertiary/aromatic N) is 1. The van der Waals surface area contributed by atoms with Crippen LogP contribution in [0.3, 0.4) is 0 Å². The maximum Gasteiger partial charge on any atom is 0.0121 e. The molecule has 2 N–H and O–H groups in total. The van der Waals surface area contributed by atoms with E-state index in [1.54, 1.807) is 12.1 Å². The lowest BCUT2D eigenvalue weighted by Crippen LogP contribution is -2.30. The van der Waals surface area contributed by atoms with Crippen LogP contribution in [0, 0.1) is 0 Å². The fraction of sp³-hybridized carbons (Fsp3) is 1.00. The highest BCUT2D eigenvalue weighted by Gasteiger charge is 1.81. The van der Waals surface area contributed by atoms with E-state index in [4.69, 9.17) is 5.21 Å². The van der Waals surface area contributed by atoms with Gasteiger partial charge in [0.1, 0.15) is 0 Å². The van der Waals surface area contributed by atoms with Crippen molar-refractivity contribution in [1.82, 2.24) is 10.6 Å². The predicted octanol–water partition coefficient (Wildman–Crippen LogP) is -0.168. The molecule has 0 spiro atoms. The van der Waals surface area contributed by atoms with Crippen LogP contribution in [0.4, 0.5) is 0 Å². The van der Waals surface area contributed by atoms with Crippen molar-refractivity contribution in [2.75, 3.05) is 13.6 Å². The number of hydrogen-bond donors (Lipinski definition) is 2. The summed E-state index contributed by atoms with van der Waals surface area (Å²) in [4.78, 5) is 0. The molecule has 0 amide bonds. The Morgan fingerprint density at radius 1 is 1.83 bits per heavy atom. The molecule has 0 atom stereocenters. The van der Waals surface area contributed by atoms with E-state index in [1.807, 2.05) is 12.5 Å². The summed E-state index contributed by atoms with van der Waals surface area (Å²) in [6, 6.07) is 0. The average Bonchev–Trinajstić information content (AvgIpc) is 1.65. The average molecular weight is 90.1 g/mol. The van der Waals surface area contributed by atoms with Gasteiger partial charge in [0, 0.05) is 13.6 Å². The van der Waals surface area contributed by atoms with Gasteiger partial charge in [-0.25, -0.2) is 5.01 Å². The summed E-state index contributed by atoms with van der Waals surface area (Å²) in [5, 5.41) is 9.57. The van der Waals surface area contributed by atoms with Crippen LogP contribution in [0.1, 0.15) is 6.92 Å². The lowest BCUT2D eigenvalue weighted by Gasteiger charge is -2.07. The minimum absolute atomic E-state index is 0.802. The van der Waals surface area contributed by atoms with Crippen LogP contribution in [0.25, 0.3) is 0 Å². The molecule has 0 aromatic rings. The van der Waals surface area contributed by atoms with E-state index in [2.05, 4.69) is 0 Å². The first-order valence-corrected chi connectivity index (χ1v) is 1.92. The summed E-state index contributed by atoms with van der Waals surface area (Å²) >= 11 is 0. The lowest BCUT2D eigenvalue weighted by molar-refractivity contribution is 0.00272. The van der Waals surface area contributed by atoms with Gasteiger partial charge in [-0.1, -0.05) is 6.92 Å². The van der Waals surface area contributed by atoms with Gasteiger partial charge in [-0.3, -0.25) is 0 Å². The van der Waals surface area contributed by atoms with Crippen LogP contribution in [0.5, 0.6) is 0 Å². The third-order valence-electron chi connectivity index (χ3n) is 0.645. The second kappa shape index (κ2) is 3.08. The van der Waals surface area contributed by atoms with Crippen molar-refractivity contribution < 1.29 is 5.21 Å². The quantitative estimate of drug-likeness (QED) is 0.462. The third-order valence-corrected chi connectivity index (χ3v) is 0.645. The number of hydrazine groups is 1. The molecule has 0 saturated heterocycles. The van der Waals surface area contributed by atoms with E-state index in [1.165, 1.54) is 0 Å². The normalized spacial score (nSPS) is 10.0. The number of nitrogens with one attached hydrogen (secondary N) is 1. The largest absolute Gasteiger partial charge is 0.302 e. The van der Waals surface area contributed by atoms with Crippen LogP contribution < -0.4 is 5.59 Å². The summed E-state index contributed by atoms with van der Waals surface area (Å²) in [6.07, 6.45) is 0. The van der Waals surface area contributed by atoms with Gasteiger partial charge >= 0.3 is 0 Å². The second-order valence-electron chi connectivity index (χ2n) is 1.11. The van der Waals surface area contributed by atoms with Gasteiger partial charge < -0.3 is 5.21 Å². The molecular formula is C3H10N2O. The smallest absolute Gasteiger partial charge is 0.0121 e. The highest BCUT2D eigenvalue weighted by atomic mass is 16.5. The molecule has 0 fully saturated rings. The summed E-state index contributed by atoms with van der Waals surface area (Å²) < 4.78 is 0. The molecule has 0 saturated carbocycles. The molecule has 0 aromatic heterocycles. The molecule has 0 heterocycles. The van der Waals surface area contributed by atoms with Crippen LogP contribution >= 0.6 is 0 Å². The lowest BCUT2D eigenvalue weighted by atomic mass is 10.8. The maximum atomic E-state index is 8.01. The Morgan fingerprint density at radius 2 is 2.33 bits per heavy atom. The Balaban J connectivity index is 2.75. The zero-order valence-electron chi connectivity index (χ0n) is 4.10. The van der Waals surface area contributed by atoms with E-state index >= 15 is 0 Å². The zero-order valence-corrected chi connectivity index (χ0v) is 4.10. The highest BCUT2D eigenvalue weighted by Crippen LogP contribution is 1.64. The first-order valence-electron chi connectivity index (χ1n) is 1.92. The van der Waals surface area contributed by atoms with Crippen molar-refractivity contribution >= 4 is 0 Å². The van der Waals surface area contributed by atoms with Crippen molar-refractivity contribution in [3.8, 4) is 0 Å². The van der Waals surface area contributed by atoms with Crippen LogP contribution in [-0.4, -0.2) is 23.8 Å². The van der Waals surface area contributed by atoms with Crippen LogP contribution in [-0.2, 0) is 0 Å². The molecule has 6 heavy (non-hydrogen) atoms. The van der Waals surface area contributed by atoms with Crippen LogP contribution in [0.15, 0.2) is 0 Å². The number of rotatable bonds is 2. The Kier molecular flexibility index (Phi) is 3.02. The molecule has 0 rings (SSSR count). The SMILES string of the molecule is CCN(C)NO. The summed E-state index contributed by atoms with van der Waals surface area (Å²) in [5.41, 5.74) is 1.95. The number of hydrogen-bond acceptors (Lipinski definition) is 3. The minimum Gasteiger partial charge on any atom is -0.302 e. The first-order chi connectivity index (χ1) is 2.81. The fourth-order valence-electron chi connectivity index (χ4n) is 0.0707. The van der Waals surface area contributed by atoms with Crippen molar-refractivity contribution in [1.29, 1.82) is 0 Å². The van der Waals surface area contributed by atoms with Gasteiger partial charge in [0.05, 0.1) is 0 Å². The van der Waals surface area contributed by atoms with Gasteiger partial charge in [0.15, 0.2) is 0 Å². The van der Waals surface area contributed by atoms with Crippen molar-refractivity contribution in [3.63, 3.8) is 0 Å². The van der Waals surface area contributed by atoms with Gasteiger partial charge in [0.25, 0.3) is 0 Å². The molecule has 0 aliphatic carbocycles. The Hall–Kier alpha value is -0.120. The zero-order chi connectivity index (χ0) is 4.99. The standard InChI is InChI=1S/C3H10N2O/c1-3-5(2)4-6/h4,6H,3H2,1-2H3. The third kappa shape index (κ3) is 2.14. The molecule has 38 valence electrons. The van der Waals surface area contributed by atoms with Crippen molar-refractivity contribution in [2.24, 2.45) is 0 Å². The molecule has 0 aromatic carbocycles. The van der Waals surface area contributed by atoms with E-state index < -0.39 is 0 Å². The van der Waals surface area contributed by atoms with Crippen LogP contribution in [0.2, 0.25) is 0 Å². The van der Waals surface area contributed by atoms with Gasteiger partial charge in [-0.2, -0.15) is 0 Å². The van der Waals surface area contributed by atoms with Gasteiger partial charge in [-0.05, 0) is 0 Å². The Morgan fingerprint density at radius 3 is 2.33 bits per heavy atom. The minimum atomic E-state index is 0.802. The maximum absolute atomic E-state index is 8.01. The van der Waals surface area contributed by atoms with Gasteiger partial charge in [0.2, 0.25) is 0 Å². The highest BCUT2D eigenvalue weighted by molar-refractivity contribution is 4.22. The molecule has 0 aliphatic heterocycles. The van der Waals surface area contributed by atoms with Crippen molar-refractivity contribution in [2.45, 2.75) is 6.92 Å². The predicted molar refractivity (Wildman–Crippen MR) is 23.2 cm³/mol. The van der Waals surface area contributed by atoms with E-state index in [0.717, 1.165) is 6.54 Å². The molecular weight excluding hydrogens is 80.0 g/mol. The summed E-state index contributed by atoms with van der Waals surface area (Å²) in [5.74, 6) is 0. The first kappa shape index (κ1) is 5.88. The molecule has 0 unspecified atom stereocenters. The second-order valence-corrected chi connectivity index (χ2v) is 1.11. The molecule has 0 aliphatic rings. The molecule has 3 nitrogen and oxygen atoms in total. The summed E-state index contributed by atoms with van der Waals surface area (Å²) in [6.45, 7) is 2.74. The van der Waals surface area contributed by atoms with Crippen molar-refractivity contribution in [3.05, 3.63) is 0 Å². The fourth-order valence-corrected chi connectivity index (χ4v) is 0.0707.